The predicted octanol–water partition coefficient (Wildman–Crippen LogP) is 2.07. The second-order valence-corrected chi connectivity index (χ2v) is 2.47. The molecule has 0 aliphatic heterocycles. The average Bonchev–Trinajstić information content (AvgIpc) is 2.36. The molecule has 0 bridgehead atoms. The molecule has 0 aliphatic rings. The standard InChI is InChI=1S/C8H12N2O/c1-3-4-6(2)7-5-8(9)11-10-7/h5H,2-4,9H2,1H3. The van der Waals surface area contributed by atoms with Crippen LogP contribution in [0.25, 0.3) is 5.57 Å². The van der Waals surface area contributed by atoms with E-state index < -0.39 is 0 Å². The van der Waals surface area contributed by atoms with E-state index in [2.05, 4.69) is 18.7 Å². The van der Waals surface area contributed by atoms with E-state index in [1.165, 1.54) is 0 Å². The van der Waals surface area contributed by atoms with Gasteiger partial charge in [-0.05, 0) is 12.0 Å². The third kappa shape index (κ3) is 1.83. The van der Waals surface area contributed by atoms with Gasteiger partial charge in [0.25, 0.3) is 0 Å². The minimum atomic E-state index is 0.345. The molecule has 3 heteroatoms. The maximum absolute atomic E-state index is 5.34. The molecular formula is C8H12N2O. The second-order valence-electron chi connectivity index (χ2n) is 2.47. The Balaban J connectivity index is 2.69. The van der Waals surface area contributed by atoms with Crippen LogP contribution in [0.1, 0.15) is 25.5 Å². The Morgan fingerprint density at radius 3 is 3.00 bits per heavy atom. The monoisotopic (exact) mass is 152 g/mol. The van der Waals surface area contributed by atoms with Gasteiger partial charge >= 0.3 is 0 Å². The highest BCUT2D eigenvalue weighted by Gasteiger charge is 2.03. The molecule has 1 aromatic heterocycles. The van der Waals surface area contributed by atoms with Gasteiger partial charge in [0.1, 0.15) is 5.69 Å². The first-order valence-electron chi connectivity index (χ1n) is 3.64. The van der Waals surface area contributed by atoms with Crippen molar-refractivity contribution < 1.29 is 4.52 Å². The number of rotatable bonds is 3. The van der Waals surface area contributed by atoms with Crippen LogP contribution >= 0.6 is 0 Å². The lowest BCUT2D eigenvalue weighted by molar-refractivity contribution is 0.434. The van der Waals surface area contributed by atoms with Gasteiger partial charge in [0.05, 0.1) is 0 Å². The van der Waals surface area contributed by atoms with Gasteiger partial charge in [0.15, 0.2) is 0 Å². The summed E-state index contributed by atoms with van der Waals surface area (Å²) < 4.78 is 4.70. The molecule has 3 nitrogen and oxygen atoms in total. The summed E-state index contributed by atoms with van der Waals surface area (Å²) >= 11 is 0. The number of nitrogens with zero attached hydrogens (tertiary/aromatic N) is 1. The van der Waals surface area contributed by atoms with Crippen molar-refractivity contribution in [3.8, 4) is 0 Å². The Bertz CT molecular complexity index is 252. The fraction of sp³-hybridized carbons (Fsp3) is 0.375. The molecule has 2 N–H and O–H groups in total. The van der Waals surface area contributed by atoms with E-state index in [9.17, 15) is 0 Å². The van der Waals surface area contributed by atoms with Gasteiger partial charge < -0.3 is 10.3 Å². The van der Waals surface area contributed by atoms with E-state index in [0.29, 0.717) is 5.88 Å². The Kier molecular flexibility index (Phi) is 2.31. The first-order chi connectivity index (χ1) is 5.24. The van der Waals surface area contributed by atoms with Gasteiger partial charge in [0, 0.05) is 6.07 Å². The fourth-order valence-corrected chi connectivity index (χ4v) is 0.886. The number of hydrogen-bond donors (Lipinski definition) is 1. The highest BCUT2D eigenvalue weighted by atomic mass is 16.5. The third-order valence-corrected chi connectivity index (χ3v) is 1.44. The van der Waals surface area contributed by atoms with E-state index >= 15 is 0 Å². The first-order valence-corrected chi connectivity index (χ1v) is 3.64. The van der Waals surface area contributed by atoms with Crippen molar-refractivity contribution in [3.05, 3.63) is 18.3 Å². The number of anilines is 1. The quantitative estimate of drug-likeness (QED) is 0.721. The van der Waals surface area contributed by atoms with Crippen LogP contribution in [0.4, 0.5) is 5.88 Å². The van der Waals surface area contributed by atoms with Crippen LogP contribution in [0.2, 0.25) is 0 Å². The van der Waals surface area contributed by atoms with Gasteiger partial charge in [0.2, 0.25) is 5.88 Å². The highest BCUT2D eigenvalue weighted by molar-refractivity contribution is 5.61. The van der Waals surface area contributed by atoms with Gasteiger partial charge in [-0.2, -0.15) is 0 Å². The van der Waals surface area contributed by atoms with Crippen LogP contribution in [-0.4, -0.2) is 5.16 Å². The fourth-order valence-electron chi connectivity index (χ4n) is 0.886. The molecule has 0 fully saturated rings. The molecule has 1 rings (SSSR count). The van der Waals surface area contributed by atoms with E-state index in [4.69, 9.17) is 10.3 Å². The summed E-state index contributed by atoms with van der Waals surface area (Å²) in [7, 11) is 0. The van der Waals surface area contributed by atoms with Crippen LogP contribution < -0.4 is 5.73 Å². The van der Waals surface area contributed by atoms with E-state index in [1.54, 1.807) is 6.07 Å². The van der Waals surface area contributed by atoms with Crippen molar-refractivity contribution >= 4 is 11.5 Å². The van der Waals surface area contributed by atoms with Gasteiger partial charge in [-0.3, -0.25) is 0 Å². The minimum Gasteiger partial charge on any atom is -0.368 e. The molecule has 0 radical (unpaired) electrons. The predicted molar refractivity (Wildman–Crippen MR) is 44.9 cm³/mol. The molecule has 0 saturated heterocycles. The van der Waals surface area contributed by atoms with Gasteiger partial charge in [-0.15, -0.1) is 0 Å². The summed E-state index contributed by atoms with van der Waals surface area (Å²) in [6.07, 6.45) is 2.00. The van der Waals surface area contributed by atoms with Crippen molar-refractivity contribution in [2.24, 2.45) is 0 Å². The van der Waals surface area contributed by atoms with Crippen LogP contribution in [0.5, 0.6) is 0 Å². The lowest BCUT2D eigenvalue weighted by Crippen LogP contribution is -1.81. The lowest BCUT2D eigenvalue weighted by atomic mass is 10.1. The average molecular weight is 152 g/mol. The van der Waals surface area contributed by atoms with Crippen molar-refractivity contribution in [2.45, 2.75) is 19.8 Å². The van der Waals surface area contributed by atoms with Crippen molar-refractivity contribution in [1.29, 1.82) is 0 Å². The summed E-state index contributed by atoms with van der Waals surface area (Å²) in [5.41, 5.74) is 7.09. The zero-order chi connectivity index (χ0) is 8.27. The third-order valence-electron chi connectivity index (χ3n) is 1.44. The van der Waals surface area contributed by atoms with Crippen molar-refractivity contribution in [3.63, 3.8) is 0 Å². The molecular weight excluding hydrogens is 140 g/mol. The molecule has 0 amide bonds. The molecule has 1 heterocycles. The normalized spacial score (nSPS) is 9.91. The summed E-state index contributed by atoms with van der Waals surface area (Å²) in [5.74, 6) is 0.345. The van der Waals surface area contributed by atoms with E-state index in [-0.39, 0.29) is 0 Å². The van der Waals surface area contributed by atoms with E-state index in [1.807, 2.05) is 0 Å². The van der Waals surface area contributed by atoms with Crippen molar-refractivity contribution in [1.82, 2.24) is 5.16 Å². The molecule has 11 heavy (non-hydrogen) atoms. The zero-order valence-corrected chi connectivity index (χ0v) is 6.63. The number of aromatic nitrogens is 1. The zero-order valence-electron chi connectivity index (χ0n) is 6.63. The minimum absolute atomic E-state index is 0.345. The molecule has 0 unspecified atom stereocenters. The second kappa shape index (κ2) is 3.23. The lowest BCUT2D eigenvalue weighted by Gasteiger charge is -1.94. The number of hydrogen-bond acceptors (Lipinski definition) is 3. The molecule has 0 atom stereocenters. The molecule has 0 spiro atoms. The highest BCUT2D eigenvalue weighted by Crippen LogP contribution is 2.17. The van der Waals surface area contributed by atoms with Gasteiger partial charge in [-0.1, -0.05) is 25.1 Å². The Morgan fingerprint density at radius 1 is 1.82 bits per heavy atom. The molecule has 1 aromatic rings. The van der Waals surface area contributed by atoms with Crippen LogP contribution in [0.3, 0.4) is 0 Å². The van der Waals surface area contributed by atoms with E-state index in [0.717, 1.165) is 24.1 Å². The summed E-state index contributed by atoms with van der Waals surface area (Å²) in [4.78, 5) is 0. The maximum atomic E-state index is 5.34. The largest absolute Gasteiger partial charge is 0.368 e. The maximum Gasteiger partial charge on any atom is 0.222 e. The van der Waals surface area contributed by atoms with Crippen molar-refractivity contribution in [2.75, 3.05) is 5.73 Å². The van der Waals surface area contributed by atoms with Gasteiger partial charge in [-0.25, -0.2) is 0 Å². The number of nitrogen functional groups attached to an aromatic ring is 1. The Labute approximate surface area is 65.9 Å². The topological polar surface area (TPSA) is 52.0 Å². The number of nitrogens with two attached hydrogens (primary N) is 1. The van der Waals surface area contributed by atoms with Crippen LogP contribution in [0.15, 0.2) is 17.2 Å². The molecule has 0 aromatic carbocycles. The Hall–Kier alpha value is -1.25. The van der Waals surface area contributed by atoms with Crippen LogP contribution in [0, 0.1) is 0 Å². The summed E-state index contributed by atoms with van der Waals surface area (Å²) in [6.45, 7) is 5.94. The first kappa shape index (κ1) is 7.85. The SMILES string of the molecule is C=C(CCC)c1cc(N)on1. The summed E-state index contributed by atoms with van der Waals surface area (Å²) in [6, 6.07) is 1.69. The number of allylic oxidation sites excluding steroid dienone is 1. The molecule has 0 aliphatic carbocycles. The Morgan fingerprint density at radius 2 is 2.55 bits per heavy atom. The summed E-state index contributed by atoms with van der Waals surface area (Å²) in [5, 5.41) is 3.73. The molecule has 60 valence electrons. The molecule has 0 saturated carbocycles. The van der Waals surface area contributed by atoms with Crippen LogP contribution in [-0.2, 0) is 0 Å². The smallest absolute Gasteiger partial charge is 0.222 e.